The van der Waals surface area contributed by atoms with Crippen molar-refractivity contribution in [2.45, 2.75) is 37.1 Å². The van der Waals surface area contributed by atoms with Gasteiger partial charge in [0.2, 0.25) is 0 Å². The van der Waals surface area contributed by atoms with Crippen LogP contribution in [-0.4, -0.2) is 87.6 Å². The van der Waals surface area contributed by atoms with Crippen molar-refractivity contribution in [2.75, 3.05) is 31.3 Å². The smallest absolute Gasteiger partial charge is 0.186 e. The van der Waals surface area contributed by atoms with E-state index < -0.39 is 37.3 Å². The molecule has 19 heavy (non-hydrogen) atoms. The topological polar surface area (TPSA) is 120 Å². The number of hydrogen-bond acceptors (Lipinski definition) is 8. The van der Waals surface area contributed by atoms with Gasteiger partial charge in [-0.2, -0.15) is 11.8 Å². The Balaban J connectivity index is 2.28. The second-order valence-electron chi connectivity index (χ2n) is 4.26. The molecule has 5 N–H and O–H groups in total. The zero-order valence-electron chi connectivity index (χ0n) is 10.6. The molecule has 0 saturated carbocycles. The quantitative estimate of drug-likeness (QED) is 0.324. The Morgan fingerprint density at radius 1 is 1.00 bits per heavy atom. The van der Waals surface area contributed by atoms with Gasteiger partial charge >= 0.3 is 0 Å². The lowest BCUT2D eigenvalue weighted by atomic mass is 9.99. The molecule has 0 aromatic rings. The van der Waals surface area contributed by atoms with Crippen LogP contribution in [0.5, 0.6) is 0 Å². The maximum atomic E-state index is 9.68. The van der Waals surface area contributed by atoms with Gasteiger partial charge in [-0.15, -0.1) is 0 Å². The fraction of sp³-hybridized carbons (Fsp3) is 1.00. The second kappa shape index (κ2) is 9.09. The van der Waals surface area contributed by atoms with Crippen LogP contribution in [-0.2, 0) is 9.47 Å². The van der Waals surface area contributed by atoms with Crippen LogP contribution in [0.2, 0.25) is 0 Å². The van der Waals surface area contributed by atoms with E-state index in [0.29, 0.717) is 18.8 Å². The summed E-state index contributed by atoms with van der Waals surface area (Å²) in [7, 11) is 0. The maximum Gasteiger partial charge on any atom is 0.186 e. The van der Waals surface area contributed by atoms with E-state index in [1.165, 1.54) is 0 Å². The van der Waals surface area contributed by atoms with E-state index in [1.54, 1.807) is 11.8 Å². The van der Waals surface area contributed by atoms with Crippen molar-refractivity contribution >= 4 is 11.8 Å². The van der Waals surface area contributed by atoms with Gasteiger partial charge in [-0.3, -0.25) is 0 Å². The van der Waals surface area contributed by atoms with Gasteiger partial charge in [0.15, 0.2) is 6.29 Å². The largest absolute Gasteiger partial charge is 0.396 e. The number of aliphatic hydroxyl groups excluding tert-OH is 5. The molecule has 1 fully saturated rings. The fourth-order valence-electron chi connectivity index (χ4n) is 1.70. The van der Waals surface area contributed by atoms with Gasteiger partial charge in [-0.05, 0) is 12.2 Å². The minimum Gasteiger partial charge on any atom is -0.396 e. The molecule has 1 aliphatic rings. The molecule has 1 rings (SSSR count). The summed E-state index contributed by atoms with van der Waals surface area (Å²) in [5.74, 6) is 1.48. The van der Waals surface area contributed by atoms with E-state index in [2.05, 4.69) is 0 Å². The van der Waals surface area contributed by atoms with Crippen molar-refractivity contribution in [3.63, 3.8) is 0 Å². The molecule has 0 amide bonds. The predicted octanol–water partition coefficient (Wildman–Crippen LogP) is -2.08. The minimum absolute atomic E-state index is 0.153. The third-order valence-electron chi connectivity index (χ3n) is 2.81. The summed E-state index contributed by atoms with van der Waals surface area (Å²) in [4.78, 5) is 0. The van der Waals surface area contributed by atoms with Crippen LogP contribution in [0.4, 0.5) is 0 Å². The highest BCUT2D eigenvalue weighted by molar-refractivity contribution is 7.99. The van der Waals surface area contributed by atoms with Crippen molar-refractivity contribution in [3.05, 3.63) is 0 Å². The number of thioether (sulfide) groups is 1. The average molecular weight is 298 g/mol. The summed E-state index contributed by atoms with van der Waals surface area (Å²) in [6, 6.07) is 0. The van der Waals surface area contributed by atoms with Crippen molar-refractivity contribution in [3.8, 4) is 0 Å². The molecule has 7 nitrogen and oxygen atoms in total. The molecule has 5 unspecified atom stereocenters. The van der Waals surface area contributed by atoms with E-state index in [4.69, 9.17) is 19.7 Å². The van der Waals surface area contributed by atoms with Gasteiger partial charge in [0.05, 0.1) is 13.2 Å². The molecule has 0 aliphatic carbocycles. The maximum absolute atomic E-state index is 9.68. The minimum atomic E-state index is -1.40. The summed E-state index contributed by atoms with van der Waals surface area (Å²) >= 11 is 1.59. The van der Waals surface area contributed by atoms with Gasteiger partial charge < -0.3 is 35.0 Å². The molecule has 0 bridgehead atoms. The molecular formula is C11H22O7S. The molecule has 1 saturated heterocycles. The number of aliphatic hydroxyl groups is 5. The van der Waals surface area contributed by atoms with E-state index in [1.807, 2.05) is 0 Å². The average Bonchev–Trinajstić information content (AvgIpc) is 2.42. The number of hydrogen-bond donors (Lipinski definition) is 5. The lowest BCUT2D eigenvalue weighted by molar-refractivity contribution is -0.299. The molecule has 8 heteroatoms. The standard InChI is InChI=1S/C11H22O7S/c12-2-1-4-19-5-3-17-11-10(16)9(15)8(14)7(6-13)18-11/h7-16H,1-6H2. The van der Waals surface area contributed by atoms with Crippen LogP contribution in [0.3, 0.4) is 0 Å². The predicted molar refractivity (Wildman–Crippen MR) is 68.7 cm³/mol. The number of rotatable bonds is 8. The highest BCUT2D eigenvalue weighted by atomic mass is 32.2. The summed E-state index contributed by atoms with van der Waals surface area (Å²) in [6.07, 6.45) is -5.40. The van der Waals surface area contributed by atoms with E-state index in [-0.39, 0.29) is 6.61 Å². The Kier molecular flexibility index (Phi) is 8.19. The fourth-order valence-corrected chi connectivity index (χ4v) is 2.45. The van der Waals surface area contributed by atoms with Crippen molar-refractivity contribution in [1.29, 1.82) is 0 Å². The van der Waals surface area contributed by atoms with Crippen LogP contribution in [0.15, 0.2) is 0 Å². The highest BCUT2D eigenvalue weighted by Gasteiger charge is 2.43. The van der Waals surface area contributed by atoms with Gasteiger partial charge in [-0.1, -0.05) is 0 Å². The molecule has 114 valence electrons. The second-order valence-corrected chi connectivity index (χ2v) is 5.48. The summed E-state index contributed by atoms with van der Waals surface area (Å²) in [5.41, 5.74) is 0. The summed E-state index contributed by atoms with van der Waals surface area (Å²) < 4.78 is 10.5. The van der Waals surface area contributed by atoms with Gasteiger partial charge in [0.1, 0.15) is 24.4 Å². The Labute approximate surface area is 116 Å². The first kappa shape index (κ1) is 17.1. The molecule has 0 radical (unpaired) electrons. The Bertz CT molecular complexity index is 241. The first-order valence-electron chi connectivity index (χ1n) is 6.22. The summed E-state index contributed by atoms with van der Waals surface area (Å²) in [5, 5.41) is 46.4. The van der Waals surface area contributed by atoms with Gasteiger partial charge in [-0.25, -0.2) is 0 Å². The highest BCUT2D eigenvalue weighted by Crippen LogP contribution is 2.22. The SMILES string of the molecule is OCCCSCCOC1OC(CO)C(O)C(O)C1O. The van der Waals surface area contributed by atoms with Crippen molar-refractivity contribution < 1.29 is 35.0 Å². The van der Waals surface area contributed by atoms with Crippen LogP contribution < -0.4 is 0 Å². The van der Waals surface area contributed by atoms with Crippen LogP contribution in [0, 0.1) is 0 Å². The molecule has 1 heterocycles. The number of ether oxygens (including phenoxy) is 2. The first-order chi connectivity index (χ1) is 9.11. The lowest BCUT2D eigenvalue weighted by Gasteiger charge is -2.39. The first-order valence-corrected chi connectivity index (χ1v) is 7.38. The van der Waals surface area contributed by atoms with Crippen LogP contribution in [0.1, 0.15) is 6.42 Å². The molecule has 0 aromatic carbocycles. The van der Waals surface area contributed by atoms with E-state index in [9.17, 15) is 15.3 Å². The molecule has 0 aromatic heterocycles. The lowest BCUT2D eigenvalue weighted by Crippen LogP contribution is -2.59. The normalized spacial score (nSPS) is 35.5. The summed E-state index contributed by atoms with van der Waals surface area (Å²) in [6.45, 7) is -0.00455. The van der Waals surface area contributed by atoms with E-state index in [0.717, 1.165) is 5.75 Å². The molecule has 0 spiro atoms. The van der Waals surface area contributed by atoms with Gasteiger partial charge in [0, 0.05) is 12.4 Å². The zero-order chi connectivity index (χ0) is 14.3. The van der Waals surface area contributed by atoms with Crippen LogP contribution in [0.25, 0.3) is 0 Å². The Morgan fingerprint density at radius 2 is 1.74 bits per heavy atom. The molecule has 1 aliphatic heterocycles. The third-order valence-corrected chi connectivity index (χ3v) is 3.84. The zero-order valence-corrected chi connectivity index (χ0v) is 11.4. The van der Waals surface area contributed by atoms with Crippen molar-refractivity contribution in [1.82, 2.24) is 0 Å². The monoisotopic (exact) mass is 298 g/mol. The van der Waals surface area contributed by atoms with Gasteiger partial charge in [0.25, 0.3) is 0 Å². The third kappa shape index (κ3) is 5.16. The Hall–Kier alpha value is 0.0700. The van der Waals surface area contributed by atoms with Crippen molar-refractivity contribution in [2.24, 2.45) is 0 Å². The van der Waals surface area contributed by atoms with E-state index >= 15 is 0 Å². The molecular weight excluding hydrogens is 276 g/mol. The Morgan fingerprint density at radius 3 is 2.37 bits per heavy atom. The molecule has 5 atom stereocenters. The van der Waals surface area contributed by atoms with Crippen LogP contribution >= 0.6 is 11.8 Å².